The van der Waals surface area contributed by atoms with Crippen LogP contribution in [-0.2, 0) is 34.8 Å². The van der Waals surface area contributed by atoms with Gasteiger partial charge < -0.3 is 28.4 Å². The first-order valence-corrected chi connectivity index (χ1v) is 10.8. The number of aryl methyl sites for hydroxylation is 1. The standard InChI is InChI=1S/C23H39NO7/c1-23(2,3)31-22(25)24-21-10-6-5-8-20(21)9-7-11-27-14-15-29-18-19-30-17-16-28-13-12-26-4/h5-6,8,10H,7,9,11-19H2,1-4H3,(H,24,25). The highest BCUT2D eigenvalue weighted by Crippen LogP contribution is 2.18. The normalized spacial score (nSPS) is 11.5. The van der Waals surface area contributed by atoms with E-state index < -0.39 is 11.7 Å². The Morgan fingerprint density at radius 2 is 1.32 bits per heavy atom. The summed E-state index contributed by atoms with van der Waals surface area (Å²) in [6.45, 7) is 10.6. The van der Waals surface area contributed by atoms with E-state index >= 15 is 0 Å². The second kappa shape index (κ2) is 16.9. The highest BCUT2D eigenvalue weighted by molar-refractivity contribution is 5.85. The summed E-state index contributed by atoms with van der Waals surface area (Å²) in [7, 11) is 1.65. The number of methoxy groups -OCH3 is 1. The predicted molar refractivity (Wildman–Crippen MR) is 120 cm³/mol. The number of hydrogen-bond donors (Lipinski definition) is 1. The molecule has 0 radical (unpaired) electrons. The van der Waals surface area contributed by atoms with E-state index in [4.69, 9.17) is 28.4 Å². The molecule has 8 heteroatoms. The second-order valence-electron chi connectivity index (χ2n) is 7.83. The van der Waals surface area contributed by atoms with Crippen molar-refractivity contribution in [2.24, 2.45) is 0 Å². The summed E-state index contributed by atoms with van der Waals surface area (Å²) in [5.41, 5.74) is 1.29. The van der Waals surface area contributed by atoms with Crippen molar-refractivity contribution in [2.75, 3.05) is 71.9 Å². The molecule has 0 saturated heterocycles. The monoisotopic (exact) mass is 441 g/mol. The number of hydrogen-bond acceptors (Lipinski definition) is 7. The largest absolute Gasteiger partial charge is 0.444 e. The zero-order valence-electron chi connectivity index (χ0n) is 19.4. The van der Waals surface area contributed by atoms with Crippen molar-refractivity contribution in [1.29, 1.82) is 0 Å². The molecule has 178 valence electrons. The molecule has 0 aliphatic carbocycles. The number of amides is 1. The minimum absolute atomic E-state index is 0.448. The SMILES string of the molecule is COCCOCCOCCOCCOCCCc1ccccc1NC(=O)OC(C)(C)C. The highest BCUT2D eigenvalue weighted by atomic mass is 16.6. The number of para-hydroxylation sites is 1. The van der Waals surface area contributed by atoms with E-state index in [1.54, 1.807) is 7.11 Å². The summed E-state index contributed by atoms with van der Waals surface area (Å²) in [5.74, 6) is 0. The van der Waals surface area contributed by atoms with Crippen molar-refractivity contribution in [3.63, 3.8) is 0 Å². The minimum Gasteiger partial charge on any atom is -0.444 e. The van der Waals surface area contributed by atoms with Gasteiger partial charge in [0.25, 0.3) is 0 Å². The van der Waals surface area contributed by atoms with Gasteiger partial charge >= 0.3 is 6.09 Å². The molecule has 0 spiro atoms. The molecule has 0 atom stereocenters. The molecule has 1 amide bonds. The Morgan fingerprint density at radius 1 is 0.806 bits per heavy atom. The Hall–Kier alpha value is -1.71. The number of benzene rings is 1. The van der Waals surface area contributed by atoms with Crippen LogP contribution in [0.1, 0.15) is 32.8 Å². The molecule has 0 saturated carbocycles. The number of ether oxygens (including phenoxy) is 6. The van der Waals surface area contributed by atoms with Crippen LogP contribution in [0, 0.1) is 0 Å². The molecule has 0 unspecified atom stereocenters. The lowest BCUT2D eigenvalue weighted by molar-refractivity contribution is -0.00788. The van der Waals surface area contributed by atoms with Crippen LogP contribution < -0.4 is 5.32 Å². The van der Waals surface area contributed by atoms with E-state index in [0.29, 0.717) is 59.5 Å². The number of rotatable bonds is 17. The van der Waals surface area contributed by atoms with Crippen LogP contribution in [0.3, 0.4) is 0 Å². The van der Waals surface area contributed by atoms with Gasteiger partial charge in [0.05, 0.1) is 52.9 Å². The van der Waals surface area contributed by atoms with Gasteiger partial charge in [0, 0.05) is 19.4 Å². The van der Waals surface area contributed by atoms with Crippen LogP contribution in [0.25, 0.3) is 0 Å². The fourth-order valence-electron chi connectivity index (χ4n) is 2.54. The van der Waals surface area contributed by atoms with E-state index in [2.05, 4.69) is 5.32 Å². The zero-order valence-corrected chi connectivity index (χ0v) is 19.4. The molecule has 0 aromatic heterocycles. The molecule has 1 rings (SSSR count). The molecule has 0 bridgehead atoms. The Kier molecular flexibility index (Phi) is 14.9. The Morgan fingerprint density at radius 3 is 1.87 bits per heavy atom. The van der Waals surface area contributed by atoms with Crippen molar-refractivity contribution in [3.05, 3.63) is 29.8 Å². The Labute approximate surface area is 186 Å². The molecule has 0 aliphatic heterocycles. The van der Waals surface area contributed by atoms with Crippen LogP contribution >= 0.6 is 0 Å². The van der Waals surface area contributed by atoms with Crippen molar-refractivity contribution >= 4 is 11.8 Å². The van der Waals surface area contributed by atoms with Crippen LogP contribution in [-0.4, -0.2) is 78.3 Å². The smallest absolute Gasteiger partial charge is 0.412 e. The lowest BCUT2D eigenvalue weighted by Crippen LogP contribution is -2.27. The first-order valence-electron chi connectivity index (χ1n) is 10.8. The lowest BCUT2D eigenvalue weighted by atomic mass is 10.1. The third-order valence-electron chi connectivity index (χ3n) is 3.94. The van der Waals surface area contributed by atoms with Gasteiger partial charge in [-0.15, -0.1) is 0 Å². The highest BCUT2D eigenvalue weighted by Gasteiger charge is 2.17. The molecule has 1 aromatic carbocycles. The summed E-state index contributed by atoms with van der Waals surface area (Å²) in [5, 5.41) is 2.82. The first kappa shape index (κ1) is 27.3. The van der Waals surface area contributed by atoms with Crippen LogP contribution in [0.2, 0.25) is 0 Å². The fraction of sp³-hybridized carbons (Fsp3) is 0.696. The van der Waals surface area contributed by atoms with E-state index in [-0.39, 0.29) is 0 Å². The van der Waals surface area contributed by atoms with Gasteiger partial charge in [-0.05, 0) is 45.2 Å². The summed E-state index contributed by atoms with van der Waals surface area (Å²) < 4.78 is 32.0. The Bertz CT molecular complexity index is 590. The third kappa shape index (κ3) is 15.7. The first-order chi connectivity index (χ1) is 14.9. The summed E-state index contributed by atoms with van der Waals surface area (Å²) in [6.07, 6.45) is 1.20. The number of carbonyl (C=O) groups excluding carboxylic acids is 1. The van der Waals surface area contributed by atoms with E-state index in [0.717, 1.165) is 24.1 Å². The Balaban J connectivity index is 2.04. The summed E-state index contributed by atoms with van der Waals surface area (Å²) in [4.78, 5) is 12.0. The molecular weight excluding hydrogens is 402 g/mol. The van der Waals surface area contributed by atoms with Crippen LogP contribution in [0.5, 0.6) is 0 Å². The van der Waals surface area contributed by atoms with Crippen molar-refractivity contribution in [1.82, 2.24) is 0 Å². The van der Waals surface area contributed by atoms with E-state index in [1.807, 2.05) is 45.0 Å². The maximum absolute atomic E-state index is 12.0. The zero-order chi connectivity index (χ0) is 22.8. The van der Waals surface area contributed by atoms with Crippen molar-refractivity contribution in [3.8, 4) is 0 Å². The summed E-state index contributed by atoms with van der Waals surface area (Å²) >= 11 is 0. The van der Waals surface area contributed by atoms with Gasteiger partial charge in [-0.3, -0.25) is 5.32 Å². The van der Waals surface area contributed by atoms with E-state index in [9.17, 15) is 4.79 Å². The average molecular weight is 442 g/mol. The second-order valence-corrected chi connectivity index (χ2v) is 7.83. The molecule has 0 heterocycles. The maximum Gasteiger partial charge on any atom is 0.412 e. The lowest BCUT2D eigenvalue weighted by Gasteiger charge is -2.20. The topological polar surface area (TPSA) is 84.5 Å². The molecule has 0 fully saturated rings. The fourth-order valence-corrected chi connectivity index (χ4v) is 2.54. The average Bonchev–Trinajstić information content (AvgIpc) is 2.70. The van der Waals surface area contributed by atoms with Gasteiger partial charge in [0.15, 0.2) is 0 Å². The van der Waals surface area contributed by atoms with Gasteiger partial charge in [-0.2, -0.15) is 0 Å². The summed E-state index contributed by atoms with van der Waals surface area (Å²) in [6, 6.07) is 7.72. The quantitative estimate of drug-likeness (QED) is 0.369. The number of carbonyl (C=O) groups is 1. The van der Waals surface area contributed by atoms with Crippen LogP contribution in [0.4, 0.5) is 10.5 Å². The van der Waals surface area contributed by atoms with Crippen molar-refractivity contribution in [2.45, 2.75) is 39.2 Å². The van der Waals surface area contributed by atoms with Gasteiger partial charge in [0.2, 0.25) is 0 Å². The van der Waals surface area contributed by atoms with E-state index in [1.165, 1.54) is 0 Å². The molecule has 1 N–H and O–H groups in total. The van der Waals surface area contributed by atoms with Gasteiger partial charge in [-0.25, -0.2) is 4.79 Å². The number of nitrogens with one attached hydrogen (secondary N) is 1. The molecule has 8 nitrogen and oxygen atoms in total. The van der Waals surface area contributed by atoms with Crippen molar-refractivity contribution < 1.29 is 33.2 Å². The maximum atomic E-state index is 12.0. The molecular formula is C23H39NO7. The molecule has 31 heavy (non-hydrogen) atoms. The third-order valence-corrected chi connectivity index (χ3v) is 3.94. The van der Waals surface area contributed by atoms with Crippen LogP contribution in [0.15, 0.2) is 24.3 Å². The molecule has 0 aliphatic rings. The minimum atomic E-state index is -0.528. The van der Waals surface area contributed by atoms with Gasteiger partial charge in [-0.1, -0.05) is 18.2 Å². The number of anilines is 1. The predicted octanol–water partition coefficient (Wildman–Crippen LogP) is 3.68. The molecule has 1 aromatic rings. The van der Waals surface area contributed by atoms with Gasteiger partial charge in [0.1, 0.15) is 5.60 Å².